The van der Waals surface area contributed by atoms with Gasteiger partial charge in [-0.05, 0) is 37.3 Å². The second-order valence-corrected chi connectivity index (χ2v) is 6.27. The predicted octanol–water partition coefficient (Wildman–Crippen LogP) is 0.936. The van der Waals surface area contributed by atoms with Crippen LogP contribution in [0.2, 0.25) is 5.02 Å². The third-order valence-corrected chi connectivity index (χ3v) is 4.11. The van der Waals surface area contributed by atoms with Crippen molar-refractivity contribution in [3.05, 3.63) is 29.3 Å². The number of morpholine rings is 1. The first-order valence-electron chi connectivity index (χ1n) is 8.15. The summed E-state index contributed by atoms with van der Waals surface area (Å²) in [5, 5.41) is 3.87. The SMILES string of the molecule is O=C(COc1ccccc1Cl)NNC(=S)NCCCN1CCOCC1. The summed E-state index contributed by atoms with van der Waals surface area (Å²) in [4.78, 5) is 14.1. The lowest BCUT2D eigenvalue weighted by atomic mass is 10.3. The summed E-state index contributed by atoms with van der Waals surface area (Å²) >= 11 is 11.1. The van der Waals surface area contributed by atoms with Crippen molar-refractivity contribution in [2.45, 2.75) is 6.42 Å². The van der Waals surface area contributed by atoms with Crippen molar-refractivity contribution >= 4 is 34.8 Å². The molecule has 1 saturated heterocycles. The van der Waals surface area contributed by atoms with Crippen LogP contribution < -0.4 is 20.9 Å². The van der Waals surface area contributed by atoms with Gasteiger partial charge < -0.3 is 14.8 Å². The van der Waals surface area contributed by atoms with Crippen molar-refractivity contribution in [2.75, 3.05) is 46.0 Å². The number of hydrazine groups is 1. The molecule has 2 rings (SSSR count). The van der Waals surface area contributed by atoms with Gasteiger partial charge in [-0.2, -0.15) is 0 Å². The van der Waals surface area contributed by atoms with Crippen molar-refractivity contribution in [2.24, 2.45) is 0 Å². The van der Waals surface area contributed by atoms with Crippen LogP contribution in [0.25, 0.3) is 0 Å². The fraction of sp³-hybridized carbons (Fsp3) is 0.500. The average molecular weight is 387 g/mol. The lowest BCUT2D eigenvalue weighted by molar-refractivity contribution is -0.123. The molecule has 1 amide bonds. The van der Waals surface area contributed by atoms with Crippen molar-refractivity contribution in [1.82, 2.24) is 21.1 Å². The molecule has 1 fully saturated rings. The number of para-hydroxylation sites is 1. The number of halogens is 1. The van der Waals surface area contributed by atoms with Gasteiger partial charge in [0.2, 0.25) is 0 Å². The molecule has 0 saturated carbocycles. The number of benzene rings is 1. The van der Waals surface area contributed by atoms with Gasteiger partial charge in [0, 0.05) is 19.6 Å². The first-order valence-corrected chi connectivity index (χ1v) is 8.94. The summed E-state index contributed by atoms with van der Waals surface area (Å²) in [6.45, 7) is 5.13. The summed E-state index contributed by atoms with van der Waals surface area (Å²) in [5.74, 6) is 0.112. The first kappa shape index (κ1) is 19.7. The quantitative estimate of drug-likeness (QED) is 0.366. The molecule has 7 nitrogen and oxygen atoms in total. The van der Waals surface area contributed by atoms with Crippen molar-refractivity contribution < 1.29 is 14.3 Å². The van der Waals surface area contributed by atoms with Gasteiger partial charge in [0.25, 0.3) is 5.91 Å². The zero-order valence-electron chi connectivity index (χ0n) is 13.9. The van der Waals surface area contributed by atoms with E-state index in [1.165, 1.54) is 0 Å². The molecule has 0 spiro atoms. The van der Waals surface area contributed by atoms with Crippen molar-refractivity contribution in [1.29, 1.82) is 0 Å². The fourth-order valence-electron chi connectivity index (χ4n) is 2.24. The Morgan fingerprint density at radius 2 is 2.04 bits per heavy atom. The lowest BCUT2D eigenvalue weighted by Crippen LogP contribution is -2.48. The minimum Gasteiger partial charge on any atom is -0.482 e. The molecule has 25 heavy (non-hydrogen) atoms. The smallest absolute Gasteiger partial charge is 0.276 e. The van der Waals surface area contributed by atoms with E-state index in [1.54, 1.807) is 24.3 Å². The van der Waals surface area contributed by atoms with Crippen molar-refractivity contribution in [3.8, 4) is 5.75 Å². The van der Waals surface area contributed by atoms with E-state index in [9.17, 15) is 4.79 Å². The molecule has 0 bridgehead atoms. The lowest BCUT2D eigenvalue weighted by Gasteiger charge is -2.26. The van der Waals surface area contributed by atoms with E-state index in [-0.39, 0.29) is 12.5 Å². The maximum absolute atomic E-state index is 11.7. The van der Waals surface area contributed by atoms with E-state index in [0.717, 1.165) is 45.8 Å². The Hall–Kier alpha value is -1.61. The number of carbonyl (C=O) groups excluding carboxylic acids is 1. The van der Waals surface area contributed by atoms with E-state index in [0.29, 0.717) is 15.9 Å². The van der Waals surface area contributed by atoms with Crippen LogP contribution in [-0.4, -0.2) is 61.9 Å². The monoisotopic (exact) mass is 386 g/mol. The summed E-state index contributed by atoms with van der Waals surface area (Å²) < 4.78 is 10.6. The van der Waals surface area contributed by atoms with Crippen LogP contribution in [0.5, 0.6) is 5.75 Å². The minimum atomic E-state index is -0.350. The molecule has 0 radical (unpaired) electrons. The van der Waals surface area contributed by atoms with Gasteiger partial charge in [-0.25, -0.2) is 0 Å². The molecule has 3 N–H and O–H groups in total. The molecule has 1 heterocycles. The largest absolute Gasteiger partial charge is 0.482 e. The highest BCUT2D eigenvalue weighted by Gasteiger charge is 2.09. The van der Waals surface area contributed by atoms with E-state index in [1.807, 2.05) is 0 Å². The molecule has 1 aromatic rings. The van der Waals surface area contributed by atoms with Gasteiger partial charge in [0.1, 0.15) is 5.75 Å². The molecule has 1 aromatic carbocycles. The number of nitrogens with one attached hydrogen (secondary N) is 3. The Morgan fingerprint density at radius 3 is 2.80 bits per heavy atom. The summed E-state index contributed by atoms with van der Waals surface area (Å²) in [5.41, 5.74) is 5.12. The number of thiocarbonyl (C=S) groups is 1. The molecule has 0 atom stereocenters. The number of hydrogen-bond donors (Lipinski definition) is 3. The standard InChI is InChI=1S/C16H23ClN4O3S/c17-13-4-1-2-5-14(13)24-12-15(22)19-20-16(25)18-6-3-7-21-8-10-23-11-9-21/h1-2,4-5H,3,6-12H2,(H,19,22)(H2,18,20,25). The van der Waals surface area contributed by atoms with Crippen LogP contribution in [0, 0.1) is 0 Å². The highest BCUT2D eigenvalue weighted by atomic mass is 35.5. The zero-order valence-corrected chi connectivity index (χ0v) is 15.5. The average Bonchev–Trinajstić information content (AvgIpc) is 2.64. The molecular formula is C16H23ClN4O3S. The molecular weight excluding hydrogens is 364 g/mol. The first-order chi connectivity index (χ1) is 12.1. The minimum absolute atomic E-state index is 0.156. The number of nitrogens with zero attached hydrogens (tertiary/aromatic N) is 1. The molecule has 0 aliphatic carbocycles. The second-order valence-electron chi connectivity index (χ2n) is 5.46. The van der Waals surface area contributed by atoms with E-state index >= 15 is 0 Å². The third kappa shape index (κ3) is 7.87. The van der Waals surface area contributed by atoms with Gasteiger partial charge in [-0.3, -0.25) is 20.5 Å². The van der Waals surface area contributed by atoms with Gasteiger partial charge in [0.05, 0.1) is 18.2 Å². The normalized spacial score (nSPS) is 14.6. The molecule has 0 unspecified atom stereocenters. The van der Waals surface area contributed by atoms with Crippen LogP contribution in [0.15, 0.2) is 24.3 Å². The van der Waals surface area contributed by atoms with Gasteiger partial charge in [0.15, 0.2) is 11.7 Å². The number of carbonyl (C=O) groups is 1. The summed E-state index contributed by atoms with van der Waals surface area (Å²) in [7, 11) is 0. The summed E-state index contributed by atoms with van der Waals surface area (Å²) in [6.07, 6.45) is 0.964. The number of ether oxygens (including phenoxy) is 2. The Labute approximate surface area is 158 Å². The van der Waals surface area contributed by atoms with E-state index < -0.39 is 0 Å². The highest BCUT2D eigenvalue weighted by Crippen LogP contribution is 2.22. The van der Waals surface area contributed by atoms with Crippen LogP contribution in [0.1, 0.15) is 6.42 Å². The van der Waals surface area contributed by atoms with Crippen LogP contribution in [0.3, 0.4) is 0 Å². The fourth-order valence-corrected chi connectivity index (χ4v) is 2.58. The topological polar surface area (TPSA) is 74.9 Å². The Balaban J connectivity index is 1.52. The van der Waals surface area contributed by atoms with Gasteiger partial charge in [-0.15, -0.1) is 0 Å². The van der Waals surface area contributed by atoms with Crippen molar-refractivity contribution in [3.63, 3.8) is 0 Å². The van der Waals surface area contributed by atoms with Crippen LogP contribution >= 0.6 is 23.8 Å². The third-order valence-electron chi connectivity index (χ3n) is 3.55. The molecule has 138 valence electrons. The highest BCUT2D eigenvalue weighted by molar-refractivity contribution is 7.80. The number of rotatable bonds is 7. The zero-order chi connectivity index (χ0) is 17.9. The maximum Gasteiger partial charge on any atom is 0.276 e. The second kappa shape index (κ2) is 11.1. The molecule has 1 aliphatic heterocycles. The molecule has 1 aliphatic rings. The number of amides is 1. The predicted molar refractivity (Wildman–Crippen MR) is 101 cm³/mol. The van der Waals surface area contributed by atoms with Crippen LogP contribution in [0.4, 0.5) is 0 Å². The van der Waals surface area contributed by atoms with Crippen LogP contribution in [-0.2, 0) is 9.53 Å². The summed E-state index contributed by atoms with van der Waals surface area (Å²) in [6, 6.07) is 6.97. The number of hydrogen-bond acceptors (Lipinski definition) is 5. The van der Waals surface area contributed by atoms with E-state index in [2.05, 4.69) is 21.1 Å². The maximum atomic E-state index is 11.7. The van der Waals surface area contributed by atoms with E-state index in [4.69, 9.17) is 33.3 Å². The molecule has 0 aromatic heterocycles. The Bertz CT molecular complexity index is 570. The molecule has 9 heteroatoms. The van der Waals surface area contributed by atoms with Gasteiger partial charge >= 0.3 is 0 Å². The Morgan fingerprint density at radius 1 is 1.28 bits per heavy atom. The van der Waals surface area contributed by atoms with Gasteiger partial charge in [-0.1, -0.05) is 23.7 Å². The Kier molecular flexibility index (Phi) is 8.75.